The Morgan fingerprint density at radius 3 is 2.32 bits per heavy atom. The summed E-state index contributed by atoms with van der Waals surface area (Å²) in [6.07, 6.45) is 3.07. The molecule has 0 aromatic heterocycles. The van der Waals surface area contributed by atoms with Crippen LogP contribution in [0.2, 0.25) is 0 Å². The fourth-order valence-electron chi connectivity index (χ4n) is 2.12. The monoisotopic (exact) mass is 263 g/mol. The zero-order valence-corrected chi connectivity index (χ0v) is 11.5. The Hall–Kier alpha value is -1.71. The van der Waals surface area contributed by atoms with Crippen molar-refractivity contribution in [3.05, 3.63) is 23.8 Å². The van der Waals surface area contributed by atoms with Crippen LogP contribution in [-0.2, 0) is 0 Å². The molecule has 0 bridgehead atoms. The highest BCUT2D eigenvalue weighted by atomic mass is 16.3. The summed E-state index contributed by atoms with van der Waals surface area (Å²) in [5.41, 5.74) is 0.355. The van der Waals surface area contributed by atoms with Crippen LogP contribution < -0.4 is 0 Å². The number of aromatic hydroxyl groups is 2. The molecule has 4 nitrogen and oxygen atoms in total. The van der Waals surface area contributed by atoms with Gasteiger partial charge in [-0.3, -0.25) is 4.79 Å². The molecule has 1 aromatic carbocycles. The molecule has 104 valence electrons. The predicted octanol–water partition coefficient (Wildman–Crippen LogP) is 2.75. The third-order valence-corrected chi connectivity index (χ3v) is 3.35. The summed E-state index contributed by atoms with van der Waals surface area (Å²) in [6.45, 7) is 5.00. The molecular weight excluding hydrogens is 242 g/mol. The van der Waals surface area contributed by atoms with E-state index in [1.807, 2.05) is 4.90 Å². The van der Waals surface area contributed by atoms with E-state index in [-0.39, 0.29) is 17.4 Å². The number of hydrogen-bond donors (Lipinski definition) is 2. The van der Waals surface area contributed by atoms with Crippen molar-refractivity contribution < 1.29 is 15.0 Å². The molecule has 1 aliphatic rings. The zero-order chi connectivity index (χ0) is 14.0. The van der Waals surface area contributed by atoms with E-state index in [9.17, 15) is 15.0 Å². The van der Waals surface area contributed by atoms with E-state index < -0.39 is 0 Å². The number of carbonyl (C=O) groups is 1. The molecule has 2 rings (SSSR count). The Balaban J connectivity index is 2.14. The van der Waals surface area contributed by atoms with E-state index in [1.54, 1.807) is 0 Å². The van der Waals surface area contributed by atoms with E-state index in [4.69, 9.17) is 0 Å². The Labute approximate surface area is 113 Å². The van der Waals surface area contributed by atoms with Crippen LogP contribution in [0.25, 0.3) is 0 Å². The van der Waals surface area contributed by atoms with Crippen molar-refractivity contribution in [1.82, 2.24) is 4.90 Å². The lowest BCUT2D eigenvalue weighted by Gasteiger charge is -2.23. The minimum absolute atomic E-state index is 0.0806. The molecule has 0 aliphatic heterocycles. The molecule has 1 amide bonds. The van der Waals surface area contributed by atoms with E-state index in [0.29, 0.717) is 17.5 Å². The molecule has 1 aromatic rings. The second-order valence-electron chi connectivity index (χ2n) is 5.65. The van der Waals surface area contributed by atoms with Gasteiger partial charge in [-0.05, 0) is 37.3 Å². The summed E-state index contributed by atoms with van der Waals surface area (Å²) in [5, 5.41) is 18.9. The van der Waals surface area contributed by atoms with Gasteiger partial charge in [-0.1, -0.05) is 13.8 Å². The van der Waals surface area contributed by atoms with Gasteiger partial charge in [-0.2, -0.15) is 0 Å². The molecule has 0 atom stereocenters. The first-order chi connectivity index (χ1) is 8.97. The number of nitrogens with zero attached hydrogens (tertiary/aromatic N) is 1. The molecule has 2 N–H and O–H groups in total. The second-order valence-corrected chi connectivity index (χ2v) is 5.65. The number of carbonyl (C=O) groups excluding carboxylic acids is 1. The predicted molar refractivity (Wildman–Crippen MR) is 73.3 cm³/mol. The van der Waals surface area contributed by atoms with Gasteiger partial charge in [0.25, 0.3) is 5.91 Å². The van der Waals surface area contributed by atoms with E-state index >= 15 is 0 Å². The summed E-state index contributed by atoms with van der Waals surface area (Å²) in [7, 11) is 0. The maximum atomic E-state index is 12.4. The molecule has 0 unspecified atom stereocenters. The molecule has 0 heterocycles. The standard InChI is InChI=1S/C15H21NO3/c1-10(2)5-6-16(12-3-4-12)15(19)11-7-13(17)9-14(18)8-11/h7-10,12,17-18H,3-6H2,1-2H3. The summed E-state index contributed by atoms with van der Waals surface area (Å²) in [4.78, 5) is 14.3. The summed E-state index contributed by atoms with van der Waals surface area (Å²) in [5.74, 6) is 0.284. The van der Waals surface area contributed by atoms with Gasteiger partial charge in [-0.25, -0.2) is 0 Å². The Morgan fingerprint density at radius 2 is 1.84 bits per heavy atom. The lowest BCUT2D eigenvalue weighted by molar-refractivity contribution is 0.0734. The molecule has 0 spiro atoms. The SMILES string of the molecule is CC(C)CCN(C(=O)c1cc(O)cc(O)c1)C1CC1. The normalized spacial score (nSPS) is 14.7. The number of hydrogen-bond acceptors (Lipinski definition) is 3. The van der Waals surface area contributed by atoms with Gasteiger partial charge < -0.3 is 15.1 Å². The maximum Gasteiger partial charge on any atom is 0.254 e. The van der Waals surface area contributed by atoms with Crippen LogP contribution in [-0.4, -0.2) is 33.6 Å². The van der Waals surface area contributed by atoms with Crippen LogP contribution in [0.15, 0.2) is 18.2 Å². The zero-order valence-electron chi connectivity index (χ0n) is 11.5. The first kappa shape index (κ1) is 13.7. The number of rotatable bonds is 5. The maximum absolute atomic E-state index is 12.4. The van der Waals surface area contributed by atoms with Gasteiger partial charge in [0.1, 0.15) is 11.5 Å². The fraction of sp³-hybridized carbons (Fsp3) is 0.533. The molecule has 19 heavy (non-hydrogen) atoms. The molecular formula is C15H21NO3. The molecule has 1 aliphatic carbocycles. The quantitative estimate of drug-likeness (QED) is 0.858. The van der Waals surface area contributed by atoms with Crippen LogP contribution in [0.4, 0.5) is 0 Å². The van der Waals surface area contributed by atoms with Crippen LogP contribution >= 0.6 is 0 Å². The van der Waals surface area contributed by atoms with E-state index in [1.165, 1.54) is 18.2 Å². The number of amides is 1. The van der Waals surface area contributed by atoms with Gasteiger partial charge in [0.15, 0.2) is 0 Å². The smallest absolute Gasteiger partial charge is 0.254 e. The van der Waals surface area contributed by atoms with Crippen LogP contribution in [0.3, 0.4) is 0 Å². The molecule has 4 heteroatoms. The number of benzene rings is 1. The Bertz CT molecular complexity index is 446. The fourth-order valence-corrected chi connectivity index (χ4v) is 2.12. The third kappa shape index (κ3) is 3.63. The highest BCUT2D eigenvalue weighted by molar-refractivity contribution is 5.95. The third-order valence-electron chi connectivity index (χ3n) is 3.35. The highest BCUT2D eigenvalue weighted by Gasteiger charge is 2.33. The second kappa shape index (κ2) is 5.51. The van der Waals surface area contributed by atoms with Gasteiger partial charge in [0, 0.05) is 24.2 Å². The average molecular weight is 263 g/mol. The first-order valence-electron chi connectivity index (χ1n) is 6.81. The van der Waals surface area contributed by atoms with E-state index in [2.05, 4.69) is 13.8 Å². The average Bonchev–Trinajstić information content (AvgIpc) is 3.11. The van der Waals surface area contributed by atoms with Crippen LogP contribution in [0.1, 0.15) is 43.5 Å². The summed E-state index contributed by atoms with van der Waals surface area (Å²) in [6, 6.07) is 4.38. The van der Waals surface area contributed by atoms with Gasteiger partial charge in [0.05, 0.1) is 0 Å². The van der Waals surface area contributed by atoms with Crippen molar-refractivity contribution in [1.29, 1.82) is 0 Å². The lowest BCUT2D eigenvalue weighted by atomic mass is 10.1. The first-order valence-corrected chi connectivity index (χ1v) is 6.81. The van der Waals surface area contributed by atoms with Gasteiger partial charge in [0.2, 0.25) is 0 Å². The van der Waals surface area contributed by atoms with Crippen molar-refractivity contribution in [3.8, 4) is 11.5 Å². The number of phenols is 2. The number of phenolic OH excluding ortho intramolecular Hbond substituents is 2. The minimum atomic E-state index is -0.102. The molecule has 0 saturated heterocycles. The molecule has 1 saturated carbocycles. The highest BCUT2D eigenvalue weighted by Crippen LogP contribution is 2.30. The largest absolute Gasteiger partial charge is 0.508 e. The van der Waals surface area contributed by atoms with Crippen molar-refractivity contribution in [3.63, 3.8) is 0 Å². The Kier molecular flexibility index (Phi) is 3.98. The molecule has 0 radical (unpaired) electrons. The Morgan fingerprint density at radius 1 is 1.26 bits per heavy atom. The summed E-state index contributed by atoms with van der Waals surface area (Å²) < 4.78 is 0. The molecule has 1 fully saturated rings. The van der Waals surface area contributed by atoms with Gasteiger partial charge in [-0.15, -0.1) is 0 Å². The lowest BCUT2D eigenvalue weighted by Crippen LogP contribution is -2.34. The van der Waals surface area contributed by atoms with E-state index in [0.717, 1.165) is 25.8 Å². The van der Waals surface area contributed by atoms with Gasteiger partial charge >= 0.3 is 0 Å². The van der Waals surface area contributed by atoms with Crippen molar-refractivity contribution in [2.24, 2.45) is 5.92 Å². The topological polar surface area (TPSA) is 60.8 Å². The van der Waals surface area contributed by atoms with Crippen LogP contribution in [0.5, 0.6) is 11.5 Å². The van der Waals surface area contributed by atoms with Crippen LogP contribution in [0, 0.1) is 5.92 Å². The summed E-state index contributed by atoms with van der Waals surface area (Å²) >= 11 is 0. The minimum Gasteiger partial charge on any atom is -0.508 e. The van der Waals surface area contributed by atoms with Crippen molar-refractivity contribution in [2.75, 3.05) is 6.54 Å². The van der Waals surface area contributed by atoms with Crippen molar-refractivity contribution >= 4 is 5.91 Å². The van der Waals surface area contributed by atoms with Crippen molar-refractivity contribution in [2.45, 2.75) is 39.2 Å².